The third-order valence-corrected chi connectivity index (χ3v) is 2.23. The minimum Gasteiger partial charge on any atom is -0.497 e. The van der Waals surface area contributed by atoms with Crippen LogP contribution in [-0.4, -0.2) is 24.6 Å². The van der Waals surface area contributed by atoms with E-state index in [1.165, 1.54) is 0 Å². The average Bonchev–Trinajstić information content (AvgIpc) is 2.26. The van der Waals surface area contributed by atoms with E-state index in [2.05, 4.69) is 0 Å². The molecule has 0 spiro atoms. The second-order valence-corrected chi connectivity index (χ2v) is 3.20. The SMILES string of the molecule is CCN(Cc1ccc(OC)cc1)C(N)=O. The van der Waals surface area contributed by atoms with E-state index in [4.69, 9.17) is 10.5 Å². The summed E-state index contributed by atoms with van der Waals surface area (Å²) in [5, 5.41) is 0. The molecule has 0 heterocycles. The summed E-state index contributed by atoms with van der Waals surface area (Å²) in [6, 6.07) is 7.18. The molecule has 0 unspecified atom stereocenters. The Balaban J connectivity index is 2.67. The standard InChI is InChI=1S/C11H16N2O2/c1-3-13(11(12)14)8-9-4-6-10(15-2)7-5-9/h4-7H,3,8H2,1-2H3,(H2,12,14). The van der Waals surface area contributed by atoms with Gasteiger partial charge in [0.25, 0.3) is 0 Å². The molecule has 0 aliphatic carbocycles. The first kappa shape index (κ1) is 11.4. The van der Waals surface area contributed by atoms with Gasteiger partial charge in [-0.1, -0.05) is 12.1 Å². The molecule has 0 aliphatic rings. The van der Waals surface area contributed by atoms with Crippen LogP contribution in [-0.2, 0) is 6.54 Å². The van der Waals surface area contributed by atoms with Crippen molar-refractivity contribution in [3.63, 3.8) is 0 Å². The van der Waals surface area contributed by atoms with E-state index in [1.54, 1.807) is 12.0 Å². The van der Waals surface area contributed by atoms with E-state index < -0.39 is 6.03 Å². The lowest BCUT2D eigenvalue weighted by molar-refractivity contribution is 0.208. The van der Waals surface area contributed by atoms with Gasteiger partial charge in [-0.15, -0.1) is 0 Å². The molecule has 0 aromatic heterocycles. The van der Waals surface area contributed by atoms with Crippen LogP contribution in [0.5, 0.6) is 5.75 Å². The molecule has 0 bridgehead atoms. The van der Waals surface area contributed by atoms with E-state index in [-0.39, 0.29) is 0 Å². The summed E-state index contributed by atoms with van der Waals surface area (Å²) in [7, 11) is 1.62. The number of urea groups is 1. The Hall–Kier alpha value is -1.71. The molecular weight excluding hydrogens is 192 g/mol. The Labute approximate surface area is 89.6 Å². The Bertz CT molecular complexity index is 322. The lowest BCUT2D eigenvalue weighted by Gasteiger charge is -2.18. The summed E-state index contributed by atoms with van der Waals surface area (Å²) in [6.45, 7) is 3.05. The van der Waals surface area contributed by atoms with Gasteiger partial charge in [-0.05, 0) is 24.6 Å². The first-order valence-corrected chi connectivity index (χ1v) is 4.84. The van der Waals surface area contributed by atoms with Crippen molar-refractivity contribution in [3.8, 4) is 5.75 Å². The third kappa shape index (κ3) is 3.16. The fraction of sp³-hybridized carbons (Fsp3) is 0.364. The van der Waals surface area contributed by atoms with Crippen molar-refractivity contribution >= 4 is 6.03 Å². The number of hydrogen-bond acceptors (Lipinski definition) is 2. The van der Waals surface area contributed by atoms with Crippen LogP contribution in [0.2, 0.25) is 0 Å². The van der Waals surface area contributed by atoms with Gasteiger partial charge >= 0.3 is 6.03 Å². The highest BCUT2D eigenvalue weighted by molar-refractivity contribution is 5.71. The molecule has 1 rings (SSSR count). The fourth-order valence-corrected chi connectivity index (χ4v) is 1.30. The van der Waals surface area contributed by atoms with Gasteiger partial charge < -0.3 is 15.4 Å². The van der Waals surface area contributed by atoms with Crippen molar-refractivity contribution < 1.29 is 9.53 Å². The van der Waals surface area contributed by atoms with Crippen LogP contribution in [0.3, 0.4) is 0 Å². The number of ether oxygens (including phenoxy) is 1. The van der Waals surface area contributed by atoms with Crippen molar-refractivity contribution in [2.24, 2.45) is 5.73 Å². The summed E-state index contributed by atoms with van der Waals surface area (Å²) in [5.74, 6) is 0.806. The number of carbonyl (C=O) groups excluding carboxylic acids is 1. The van der Waals surface area contributed by atoms with Gasteiger partial charge in [0, 0.05) is 13.1 Å². The predicted molar refractivity (Wildman–Crippen MR) is 58.7 cm³/mol. The number of primary amides is 1. The molecule has 15 heavy (non-hydrogen) atoms. The largest absolute Gasteiger partial charge is 0.497 e. The summed E-state index contributed by atoms with van der Waals surface area (Å²) in [5.41, 5.74) is 6.25. The quantitative estimate of drug-likeness (QED) is 0.817. The van der Waals surface area contributed by atoms with Crippen molar-refractivity contribution in [3.05, 3.63) is 29.8 Å². The minimum absolute atomic E-state index is 0.395. The monoisotopic (exact) mass is 208 g/mol. The van der Waals surface area contributed by atoms with Gasteiger partial charge in [-0.3, -0.25) is 0 Å². The van der Waals surface area contributed by atoms with Crippen LogP contribution in [0.1, 0.15) is 12.5 Å². The third-order valence-electron chi connectivity index (χ3n) is 2.23. The molecule has 2 N–H and O–H groups in total. The normalized spacial score (nSPS) is 9.73. The minimum atomic E-state index is -0.395. The van der Waals surface area contributed by atoms with Crippen LogP contribution in [0.25, 0.3) is 0 Å². The van der Waals surface area contributed by atoms with Gasteiger partial charge in [0.1, 0.15) is 5.75 Å². The van der Waals surface area contributed by atoms with E-state index >= 15 is 0 Å². The van der Waals surface area contributed by atoms with Gasteiger partial charge in [-0.2, -0.15) is 0 Å². The van der Waals surface area contributed by atoms with Crippen LogP contribution < -0.4 is 10.5 Å². The van der Waals surface area contributed by atoms with Crippen molar-refractivity contribution in [2.45, 2.75) is 13.5 Å². The van der Waals surface area contributed by atoms with Crippen LogP contribution in [0, 0.1) is 0 Å². The number of rotatable bonds is 4. The van der Waals surface area contributed by atoms with Crippen molar-refractivity contribution in [2.75, 3.05) is 13.7 Å². The maximum atomic E-state index is 11.0. The number of nitrogens with two attached hydrogens (primary N) is 1. The molecule has 0 atom stereocenters. The molecule has 4 nitrogen and oxygen atoms in total. The van der Waals surface area contributed by atoms with E-state index in [9.17, 15) is 4.79 Å². The molecule has 82 valence electrons. The lowest BCUT2D eigenvalue weighted by Crippen LogP contribution is -2.34. The zero-order valence-electron chi connectivity index (χ0n) is 9.06. The average molecular weight is 208 g/mol. The number of nitrogens with zero attached hydrogens (tertiary/aromatic N) is 1. The molecule has 1 aromatic rings. The zero-order chi connectivity index (χ0) is 11.3. The van der Waals surface area contributed by atoms with Crippen LogP contribution in [0.15, 0.2) is 24.3 Å². The van der Waals surface area contributed by atoms with Gasteiger partial charge in [0.2, 0.25) is 0 Å². The fourth-order valence-electron chi connectivity index (χ4n) is 1.30. The smallest absolute Gasteiger partial charge is 0.315 e. The number of amides is 2. The first-order chi connectivity index (χ1) is 7.17. The molecular formula is C11H16N2O2. The summed E-state index contributed by atoms with van der Waals surface area (Å²) < 4.78 is 5.04. The van der Waals surface area contributed by atoms with E-state index in [1.807, 2.05) is 31.2 Å². The molecule has 0 saturated heterocycles. The second-order valence-electron chi connectivity index (χ2n) is 3.20. The number of methoxy groups -OCH3 is 1. The molecule has 0 radical (unpaired) electrons. The Morgan fingerprint density at radius 2 is 2.00 bits per heavy atom. The summed E-state index contributed by atoms with van der Waals surface area (Å²) in [4.78, 5) is 12.6. The zero-order valence-corrected chi connectivity index (χ0v) is 9.06. The highest BCUT2D eigenvalue weighted by Gasteiger charge is 2.07. The highest BCUT2D eigenvalue weighted by Crippen LogP contribution is 2.12. The maximum absolute atomic E-state index is 11.0. The summed E-state index contributed by atoms with van der Waals surface area (Å²) in [6.07, 6.45) is 0. The number of hydrogen-bond donors (Lipinski definition) is 1. The van der Waals surface area contributed by atoms with Crippen LogP contribution >= 0.6 is 0 Å². The van der Waals surface area contributed by atoms with Gasteiger partial charge in [0.05, 0.1) is 7.11 Å². The Morgan fingerprint density at radius 3 is 2.40 bits per heavy atom. The summed E-state index contributed by atoms with van der Waals surface area (Å²) >= 11 is 0. The molecule has 2 amide bonds. The van der Waals surface area contributed by atoms with E-state index in [0.717, 1.165) is 11.3 Å². The number of carbonyl (C=O) groups is 1. The van der Waals surface area contributed by atoms with Crippen molar-refractivity contribution in [1.29, 1.82) is 0 Å². The van der Waals surface area contributed by atoms with Crippen molar-refractivity contribution in [1.82, 2.24) is 4.90 Å². The maximum Gasteiger partial charge on any atom is 0.315 e. The predicted octanol–water partition coefficient (Wildman–Crippen LogP) is 1.60. The topological polar surface area (TPSA) is 55.6 Å². The molecule has 0 aliphatic heterocycles. The lowest BCUT2D eigenvalue weighted by atomic mass is 10.2. The number of benzene rings is 1. The molecule has 0 fully saturated rings. The highest BCUT2D eigenvalue weighted by atomic mass is 16.5. The van der Waals surface area contributed by atoms with E-state index in [0.29, 0.717) is 13.1 Å². The van der Waals surface area contributed by atoms with Crippen LogP contribution in [0.4, 0.5) is 4.79 Å². The van der Waals surface area contributed by atoms with Gasteiger partial charge in [0.15, 0.2) is 0 Å². The Morgan fingerprint density at radius 1 is 1.40 bits per heavy atom. The van der Waals surface area contributed by atoms with Gasteiger partial charge in [-0.25, -0.2) is 4.79 Å². The second kappa shape index (κ2) is 5.24. The molecule has 0 saturated carbocycles. The Kier molecular flexibility index (Phi) is 3.97. The molecule has 4 heteroatoms. The molecule has 1 aromatic carbocycles. The first-order valence-electron chi connectivity index (χ1n) is 4.84.